The molecule has 5 nitrogen and oxygen atoms in total. The van der Waals surface area contributed by atoms with Gasteiger partial charge in [0, 0.05) is 0 Å². The lowest BCUT2D eigenvalue weighted by atomic mass is 10.3. The van der Waals surface area contributed by atoms with Gasteiger partial charge in [-0.05, 0) is 14.0 Å². The topological polar surface area (TPSA) is 67.4 Å². The normalized spacial score (nSPS) is 11.9. The predicted molar refractivity (Wildman–Crippen MR) is 43.5 cm³/mol. The summed E-state index contributed by atoms with van der Waals surface area (Å²) in [4.78, 5) is 21.7. The van der Waals surface area contributed by atoms with Crippen molar-refractivity contribution in [2.75, 3.05) is 20.7 Å². The van der Waals surface area contributed by atoms with Gasteiger partial charge in [-0.2, -0.15) is 0 Å². The molecule has 0 radical (unpaired) electrons. The van der Waals surface area contributed by atoms with Crippen LogP contribution in [0.5, 0.6) is 0 Å². The molecule has 0 bridgehead atoms. The number of ether oxygens (including phenoxy) is 1. The Kier molecular flexibility index (Phi) is 5.03. The molecular weight excluding hydrogens is 160 g/mol. The summed E-state index contributed by atoms with van der Waals surface area (Å²) in [5.41, 5.74) is 0. The van der Waals surface area contributed by atoms with E-state index in [4.69, 9.17) is 0 Å². The second-order valence-corrected chi connectivity index (χ2v) is 2.34. The number of carbonyl (C=O) groups is 2. The first-order valence-corrected chi connectivity index (χ1v) is 3.63. The average Bonchev–Trinajstić information content (AvgIpc) is 2.03. The van der Waals surface area contributed by atoms with Crippen LogP contribution in [-0.2, 0) is 14.3 Å². The van der Waals surface area contributed by atoms with Crippen LogP contribution in [0.2, 0.25) is 0 Å². The highest BCUT2D eigenvalue weighted by molar-refractivity contribution is 5.85. The molecule has 5 heteroatoms. The number of hydrogen-bond acceptors (Lipinski definition) is 4. The van der Waals surface area contributed by atoms with Gasteiger partial charge < -0.3 is 15.4 Å². The summed E-state index contributed by atoms with van der Waals surface area (Å²) in [6, 6.07) is -0.587. The molecule has 0 aromatic rings. The molecule has 2 N–H and O–H groups in total. The van der Waals surface area contributed by atoms with Crippen LogP contribution in [0.4, 0.5) is 0 Å². The van der Waals surface area contributed by atoms with E-state index in [1.807, 2.05) is 0 Å². The molecule has 0 aliphatic carbocycles. The number of rotatable bonds is 4. The van der Waals surface area contributed by atoms with E-state index in [9.17, 15) is 9.59 Å². The van der Waals surface area contributed by atoms with Crippen molar-refractivity contribution in [1.29, 1.82) is 0 Å². The van der Waals surface area contributed by atoms with Gasteiger partial charge in [-0.1, -0.05) is 0 Å². The van der Waals surface area contributed by atoms with E-state index in [1.165, 1.54) is 7.11 Å². The Balaban J connectivity index is 3.75. The van der Waals surface area contributed by atoms with E-state index >= 15 is 0 Å². The highest BCUT2D eigenvalue weighted by Crippen LogP contribution is 1.84. The maximum atomic E-state index is 10.9. The van der Waals surface area contributed by atoms with E-state index in [2.05, 4.69) is 15.4 Å². The SMILES string of the molecule is CNCC(=O)NC(C)C(=O)OC. The number of methoxy groups -OCH3 is 1. The highest BCUT2D eigenvalue weighted by Gasteiger charge is 2.14. The largest absolute Gasteiger partial charge is 0.467 e. The van der Waals surface area contributed by atoms with E-state index in [0.717, 1.165) is 0 Å². The Morgan fingerprint density at radius 2 is 2.08 bits per heavy atom. The summed E-state index contributed by atoms with van der Waals surface area (Å²) in [6.45, 7) is 1.76. The first-order valence-electron chi connectivity index (χ1n) is 3.63. The van der Waals surface area contributed by atoms with Crippen LogP contribution in [0.1, 0.15) is 6.92 Å². The molecule has 0 fully saturated rings. The van der Waals surface area contributed by atoms with Gasteiger partial charge in [0.25, 0.3) is 0 Å². The minimum absolute atomic E-state index is 0.196. The molecule has 1 unspecified atom stereocenters. The van der Waals surface area contributed by atoms with Gasteiger partial charge in [0.1, 0.15) is 6.04 Å². The van der Waals surface area contributed by atoms with Crippen LogP contribution < -0.4 is 10.6 Å². The molecule has 0 spiro atoms. The van der Waals surface area contributed by atoms with Crippen LogP contribution in [-0.4, -0.2) is 38.6 Å². The fourth-order valence-corrected chi connectivity index (χ4v) is 0.689. The van der Waals surface area contributed by atoms with Crippen LogP contribution in [0.25, 0.3) is 0 Å². The van der Waals surface area contributed by atoms with Gasteiger partial charge in [0.05, 0.1) is 13.7 Å². The lowest BCUT2D eigenvalue weighted by Gasteiger charge is -2.10. The molecule has 0 heterocycles. The second kappa shape index (κ2) is 5.54. The van der Waals surface area contributed by atoms with Crippen molar-refractivity contribution in [3.05, 3.63) is 0 Å². The maximum absolute atomic E-state index is 10.9. The number of likely N-dealkylation sites (N-methyl/N-ethyl adjacent to an activating group) is 1. The first-order chi connectivity index (χ1) is 5.61. The van der Waals surface area contributed by atoms with E-state index < -0.39 is 12.0 Å². The maximum Gasteiger partial charge on any atom is 0.328 e. The van der Waals surface area contributed by atoms with Gasteiger partial charge in [-0.15, -0.1) is 0 Å². The lowest BCUT2D eigenvalue weighted by molar-refractivity contribution is -0.144. The van der Waals surface area contributed by atoms with E-state index in [1.54, 1.807) is 14.0 Å². The number of amides is 1. The van der Waals surface area contributed by atoms with Crippen molar-refractivity contribution in [1.82, 2.24) is 10.6 Å². The third-order valence-electron chi connectivity index (χ3n) is 1.27. The highest BCUT2D eigenvalue weighted by atomic mass is 16.5. The van der Waals surface area contributed by atoms with Gasteiger partial charge >= 0.3 is 5.97 Å². The van der Waals surface area contributed by atoms with Gasteiger partial charge in [-0.3, -0.25) is 4.79 Å². The van der Waals surface area contributed by atoms with Crippen LogP contribution >= 0.6 is 0 Å². The predicted octanol–water partition coefficient (Wildman–Crippen LogP) is -1.12. The molecule has 0 aliphatic heterocycles. The molecule has 0 saturated carbocycles. The molecule has 0 aliphatic rings. The fraction of sp³-hybridized carbons (Fsp3) is 0.714. The average molecular weight is 174 g/mol. The zero-order valence-electron chi connectivity index (χ0n) is 7.51. The summed E-state index contributed by atoms with van der Waals surface area (Å²) >= 11 is 0. The Morgan fingerprint density at radius 1 is 1.50 bits per heavy atom. The van der Waals surface area contributed by atoms with Gasteiger partial charge in [0.15, 0.2) is 0 Å². The van der Waals surface area contributed by atoms with Crippen molar-refractivity contribution >= 4 is 11.9 Å². The van der Waals surface area contributed by atoms with Crippen molar-refractivity contribution in [3.8, 4) is 0 Å². The van der Waals surface area contributed by atoms with Gasteiger partial charge in [-0.25, -0.2) is 4.79 Å². The molecule has 70 valence electrons. The first kappa shape index (κ1) is 10.9. The summed E-state index contributed by atoms with van der Waals surface area (Å²) in [5.74, 6) is -0.671. The zero-order valence-corrected chi connectivity index (χ0v) is 7.51. The standard InChI is InChI=1S/C7H14N2O3/c1-5(7(11)12-3)9-6(10)4-8-2/h5,8H,4H2,1-3H3,(H,9,10). The van der Waals surface area contributed by atoms with E-state index in [0.29, 0.717) is 0 Å². The van der Waals surface area contributed by atoms with Crippen LogP contribution in [0.15, 0.2) is 0 Å². The quantitative estimate of drug-likeness (QED) is 0.530. The molecule has 0 aromatic carbocycles. The number of esters is 1. The third kappa shape index (κ3) is 3.92. The fourth-order valence-electron chi connectivity index (χ4n) is 0.689. The molecule has 1 atom stereocenters. The minimum atomic E-state index is -0.587. The third-order valence-corrected chi connectivity index (χ3v) is 1.27. The van der Waals surface area contributed by atoms with Crippen molar-refractivity contribution in [2.45, 2.75) is 13.0 Å². The van der Waals surface area contributed by atoms with Crippen molar-refractivity contribution in [2.24, 2.45) is 0 Å². The number of nitrogens with one attached hydrogen (secondary N) is 2. The van der Waals surface area contributed by atoms with Crippen LogP contribution in [0, 0.1) is 0 Å². The monoisotopic (exact) mass is 174 g/mol. The number of hydrogen-bond donors (Lipinski definition) is 2. The van der Waals surface area contributed by atoms with Crippen molar-refractivity contribution in [3.63, 3.8) is 0 Å². The minimum Gasteiger partial charge on any atom is -0.467 e. The molecule has 0 saturated heterocycles. The molecule has 1 amide bonds. The number of carbonyl (C=O) groups excluding carboxylic acids is 2. The van der Waals surface area contributed by atoms with E-state index in [-0.39, 0.29) is 12.5 Å². The molecular formula is C7H14N2O3. The van der Waals surface area contributed by atoms with Crippen molar-refractivity contribution < 1.29 is 14.3 Å². The summed E-state index contributed by atoms with van der Waals surface area (Å²) < 4.78 is 4.42. The Hall–Kier alpha value is -1.10. The Labute approximate surface area is 71.5 Å². The summed E-state index contributed by atoms with van der Waals surface area (Å²) in [6.07, 6.45) is 0. The lowest BCUT2D eigenvalue weighted by Crippen LogP contribution is -2.42. The second-order valence-electron chi connectivity index (χ2n) is 2.34. The summed E-state index contributed by atoms with van der Waals surface area (Å²) in [5, 5.41) is 5.12. The Bertz CT molecular complexity index is 170. The molecule has 0 aromatic heterocycles. The molecule has 12 heavy (non-hydrogen) atoms. The summed E-state index contributed by atoms with van der Waals surface area (Å²) in [7, 11) is 2.94. The zero-order chi connectivity index (χ0) is 9.56. The molecule has 0 rings (SSSR count). The smallest absolute Gasteiger partial charge is 0.328 e. The van der Waals surface area contributed by atoms with Crippen LogP contribution in [0.3, 0.4) is 0 Å². The Morgan fingerprint density at radius 3 is 2.50 bits per heavy atom. The van der Waals surface area contributed by atoms with Gasteiger partial charge in [0.2, 0.25) is 5.91 Å².